The van der Waals surface area contributed by atoms with Crippen LogP contribution in [0.25, 0.3) is 0 Å². The minimum Gasteiger partial charge on any atom is -0.390 e. The molecular weight excluding hydrogens is 472 g/mol. The minimum absolute atomic E-state index is 0.0980. The van der Waals surface area contributed by atoms with Crippen molar-refractivity contribution < 1.29 is 38.1 Å². The second-order valence-electron chi connectivity index (χ2n) is 11.3. The number of aliphatic hydroxyl groups excluding tert-OH is 2. The van der Waals surface area contributed by atoms with Crippen LogP contribution in [0.4, 0.5) is 8.78 Å². The Hall–Kier alpha value is -2.33. The Morgan fingerprint density at radius 2 is 2.08 bits per heavy atom. The number of fused-ring (bicyclic) bond motifs is 7. The number of pyridine rings is 1. The Balaban J connectivity index is 1.44. The van der Waals surface area contributed by atoms with E-state index in [1.165, 1.54) is 18.3 Å². The maximum Gasteiger partial charge on any atom is 0.213 e. The van der Waals surface area contributed by atoms with Gasteiger partial charge in [-0.3, -0.25) is 9.59 Å². The van der Waals surface area contributed by atoms with E-state index in [0.717, 1.165) is 6.07 Å². The molecule has 0 bridgehead atoms. The summed E-state index contributed by atoms with van der Waals surface area (Å²) in [5.74, 6) is -2.51. The monoisotopic (exact) mass is 501 g/mol. The first kappa shape index (κ1) is 24.0. The molecule has 36 heavy (non-hydrogen) atoms. The third-order valence-electron chi connectivity index (χ3n) is 9.93. The molecule has 6 rings (SSSR count). The molecule has 0 radical (unpaired) electrons. The number of carbonyl (C=O) groups is 2. The molecule has 2 heterocycles. The maximum atomic E-state index is 17.3. The zero-order chi connectivity index (χ0) is 25.7. The summed E-state index contributed by atoms with van der Waals surface area (Å²) in [7, 11) is 0. The van der Waals surface area contributed by atoms with Crippen molar-refractivity contribution >= 4 is 11.6 Å². The fraction of sp³-hybridized carbons (Fsp3) is 0.593. The average Bonchev–Trinajstić information content (AvgIpc) is 3.34. The Labute approximate surface area is 207 Å². The highest BCUT2D eigenvalue weighted by Gasteiger charge is 2.79. The van der Waals surface area contributed by atoms with Crippen molar-refractivity contribution in [3.63, 3.8) is 0 Å². The lowest BCUT2D eigenvalue weighted by molar-refractivity contribution is -0.227. The van der Waals surface area contributed by atoms with Crippen LogP contribution in [-0.4, -0.2) is 56.8 Å². The van der Waals surface area contributed by atoms with E-state index in [9.17, 15) is 24.2 Å². The van der Waals surface area contributed by atoms with Crippen LogP contribution in [0.15, 0.2) is 42.1 Å². The lowest BCUT2D eigenvalue weighted by atomic mass is 9.45. The zero-order valence-electron chi connectivity index (χ0n) is 20.1. The number of ketones is 2. The minimum atomic E-state index is -2.06. The van der Waals surface area contributed by atoms with Crippen molar-refractivity contribution in [3.8, 4) is 0 Å². The van der Waals surface area contributed by atoms with Gasteiger partial charge in [0.05, 0.1) is 12.2 Å². The molecule has 0 aromatic carbocycles. The lowest BCUT2D eigenvalue weighted by Crippen LogP contribution is -2.69. The van der Waals surface area contributed by atoms with E-state index in [-0.39, 0.29) is 25.0 Å². The van der Waals surface area contributed by atoms with E-state index in [1.54, 1.807) is 19.9 Å². The largest absolute Gasteiger partial charge is 0.390 e. The highest BCUT2D eigenvalue weighted by atomic mass is 19.1. The van der Waals surface area contributed by atoms with Crippen molar-refractivity contribution in [2.45, 2.75) is 69.3 Å². The SMILES string of the molecule is C[C@]12C=CC(=O)CC1=CC[C@H]1[C@@H]3C[C@H]4OC(c5ccnc(F)c5)O[C@@]4(C(=O)CO)[C@@]3(C)C[C@H](O)[C@@]12F. The summed E-state index contributed by atoms with van der Waals surface area (Å²) < 4.78 is 43.6. The number of hydrogen-bond donors (Lipinski definition) is 2. The Morgan fingerprint density at radius 3 is 2.81 bits per heavy atom. The van der Waals surface area contributed by atoms with Gasteiger partial charge in [-0.05, 0) is 44.2 Å². The molecule has 1 aliphatic heterocycles. The molecule has 0 amide bonds. The van der Waals surface area contributed by atoms with Crippen molar-refractivity contribution in [1.82, 2.24) is 4.98 Å². The van der Waals surface area contributed by atoms with Crippen LogP contribution in [0, 0.1) is 28.6 Å². The fourth-order valence-corrected chi connectivity index (χ4v) is 8.19. The summed E-state index contributed by atoms with van der Waals surface area (Å²) in [5, 5.41) is 21.5. The Kier molecular flexibility index (Phi) is 5.07. The number of alkyl halides is 1. The molecule has 9 atom stereocenters. The topological polar surface area (TPSA) is 106 Å². The van der Waals surface area contributed by atoms with Gasteiger partial charge in [0.2, 0.25) is 5.95 Å². The molecule has 192 valence electrons. The van der Waals surface area contributed by atoms with E-state index >= 15 is 4.39 Å². The van der Waals surface area contributed by atoms with Crippen molar-refractivity contribution in [2.75, 3.05) is 6.61 Å². The number of aliphatic hydroxyl groups is 2. The second kappa shape index (κ2) is 7.60. The van der Waals surface area contributed by atoms with Crippen LogP contribution in [0.3, 0.4) is 0 Å². The number of aromatic nitrogens is 1. The summed E-state index contributed by atoms with van der Waals surface area (Å²) in [4.78, 5) is 29.0. The van der Waals surface area contributed by atoms with Gasteiger partial charge in [0.15, 0.2) is 29.1 Å². The predicted octanol–water partition coefficient (Wildman–Crippen LogP) is 2.92. The van der Waals surface area contributed by atoms with Crippen molar-refractivity contribution in [1.29, 1.82) is 0 Å². The van der Waals surface area contributed by atoms with E-state index in [1.807, 2.05) is 6.08 Å². The smallest absolute Gasteiger partial charge is 0.213 e. The molecular formula is C27H29F2NO6. The van der Waals surface area contributed by atoms with Gasteiger partial charge in [-0.2, -0.15) is 4.39 Å². The number of carbonyl (C=O) groups excluding carboxylic acids is 2. The third kappa shape index (κ3) is 2.72. The number of halogens is 2. The van der Waals surface area contributed by atoms with Gasteiger partial charge in [0.25, 0.3) is 0 Å². The van der Waals surface area contributed by atoms with Gasteiger partial charge in [0, 0.05) is 41.0 Å². The van der Waals surface area contributed by atoms with Gasteiger partial charge < -0.3 is 19.7 Å². The highest BCUT2D eigenvalue weighted by Crippen LogP contribution is 2.72. The van der Waals surface area contributed by atoms with Crippen LogP contribution in [0.5, 0.6) is 0 Å². The second-order valence-corrected chi connectivity index (χ2v) is 11.3. The molecule has 3 fully saturated rings. The molecule has 4 aliphatic carbocycles. The Bertz CT molecular complexity index is 1220. The number of allylic oxidation sites excluding steroid dienone is 4. The van der Waals surface area contributed by atoms with Crippen LogP contribution >= 0.6 is 0 Å². The summed E-state index contributed by atoms with van der Waals surface area (Å²) in [5.41, 5.74) is -4.91. The summed E-state index contributed by atoms with van der Waals surface area (Å²) in [6.45, 7) is 2.72. The molecule has 5 aliphatic rings. The van der Waals surface area contributed by atoms with E-state index in [2.05, 4.69) is 4.98 Å². The summed E-state index contributed by atoms with van der Waals surface area (Å²) in [6, 6.07) is 2.69. The van der Waals surface area contributed by atoms with Crippen LogP contribution in [0.2, 0.25) is 0 Å². The van der Waals surface area contributed by atoms with Crippen LogP contribution in [-0.2, 0) is 19.1 Å². The molecule has 1 saturated heterocycles. The fourth-order valence-electron chi connectivity index (χ4n) is 8.19. The molecule has 1 unspecified atom stereocenters. The lowest BCUT2D eigenvalue weighted by Gasteiger charge is -2.62. The number of nitrogens with zero attached hydrogens (tertiary/aromatic N) is 1. The zero-order valence-corrected chi connectivity index (χ0v) is 20.1. The molecule has 1 aromatic heterocycles. The Morgan fingerprint density at radius 1 is 1.31 bits per heavy atom. The number of hydrogen-bond acceptors (Lipinski definition) is 7. The van der Waals surface area contributed by atoms with Gasteiger partial charge in [-0.1, -0.05) is 24.6 Å². The average molecular weight is 502 g/mol. The first-order valence-corrected chi connectivity index (χ1v) is 12.4. The molecule has 0 spiro atoms. The van der Waals surface area contributed by atoms with Gasteiger partial charge in [-0.25, -0.2) is 9.37 Å². The molecule has 2 N–H and O–H groups in total. The number of ether oxygens (including phenoxy) is 2. The van der Waals surface area contributed by atoms with Gasteiger partial charge >= 0.3 is 0 Å². The molecule has 2 saturated carbocycles. The van der Waals surface area contributed by atoms with E-state index in [0.29, 0.717) is 17.6 Å². The van der Waals surface area contributed by atoms with E-state index < -0.39 is 70.8 Å². The normalized spacial score (nSPS) is 47.0. The number of Topliss-reactive ketones (excluding diaryl/α,β-unsaturated/α-hetero) is 1. The van der Waals surface area contributed by atoms with E-state index in [4.69, 9.17) is 9.47 Å². The summed E-state index contributed by atoms with van der Waals surface area (Å²) >= 11 is 0. The predicted molar refractivity (Wildman–Crippen MR) is 121 cm³/mol. The third-order valence-corrected chi connectivity index (χ3v) is 9.93. The highest BCUT2D eigenvalue weighted by molar-refractivity contribution is 5.94. The van der Waals surface area contributed by atoms with Crippen LogP contribution in [0.1, 0.15) is 51.4 Å². The van der Waals surface area contributed by atoms with Crippen molar-refractivity contribution in [2.24, 2.45) is 22.7 Å². The quantitative estimate of drug-likeness (QED) is 0.485. The molecule has 7 nitrogen and oxygen atoms in total. The molecule has 9 heteroatoms. The maximum absolute atomic E-state index is 17.3. The first-order chi connectivity index (χ1) is 17.0. The van der Waals surface area contributed by atoms with Gasteiger partial charge in [-0.15, -0.1) is 0 Å². The van der Waals surface area contributed by atoms with Crippen LogP contribution < -0.4 is 0 Å². The first-order valence-electron chi connectivity index (χ1n) is 12.4. The standard InChI is InChI=1S/C27H29F2NO6/c1-24-7-5-16(32)10-15(24)3-4-17-18-11-21-27(20(34)13-31,25(18,2)12-19(33)26(17,24)29)36-23(35-21)14-6-8-30-22(28)9-14/h3,5-9,17-19,21,23,31,33H,4,10-13H2,1-2H3/t17-,18-,19-,21+,23?,24-,25-,26-,27+/m0/s1. The molecule has 1 aromatic rings. The summed E-state index contributed by atoms with van der Waals surface area (Å²) in [6.07, 6.45) is 3.40. The van der Waals surface area contributed by atoms with Gasteiger partial charge in [0.1, 0.15) is 6.61 Å². The number of rotatable bonds is 3. The van der Waals surface area contributed by atoms with Crippen molar-refractivity contribution in [3.05, 3.63) is 53.6 Å².